The molecule has 0 aliphatic carbocycles. The lowest BCUT2D eigenvalue weighted by Crippen LogP contribution is -2.11. The van der Waals surface area contributed by atoms with E-state index in [2.05, 4.69) is 93.6 Å². The van der Waals surface area contributed by atoms with Gasteiger partial charge in [0, 0.05) is 17.3 Å². The summed E-state index contributed by atoms with van der Waals surface area (Å²) in [6.45, 7) is 6.45. The van der Waals surface area contributed by atoms with Crippen LogP contribution in [0.3, 0.4) is 0 Å². The maximum atomic E-state index is 10.6. The van der Waals surface area contributed by atoms with Crippen LogP contribution < -0.4 is 0 Å². The van der Waals surface area contributed by atoms with Crippen LogP contribution in [0.2, 0.25) is 0 Å². The summed E-state index contributed by atoms with van der Waals surface area (Å²) < 4.78 is 6.54. The molecule has 1 heterocycles. The summed E-state index contributed by atoms with van der Waals surface area (Å²) in [6.07, 6.45) is 1.71. The Bertz CT molecular complexity index is 2190. The molecule has 4 heteroatoms. The van der Waals surface area contributed by atoms with Gasteiger partial charge in [0.25, 0.3) is 0 Å². The number of aromatic nitrogens is 1. The van der Waals surface area contributed by atoms with Gasteiger partial charge in [-0.05, 0) is 81.3 Å². The van der Waals surface area contributed by atoms with E-state index >= 15 is 0 Å². The van der Waals surface area contributed by atoms with Crippen LogP contribution in [0.5, 0.6) is 5.75 Å². The highest BCUT2D eigenvalue weighted by Crippen LogP contribution is 2.39. The summed E-state index contributed by atoms with van der Waals surface area (Å²) in [5.41, 5.74) is 11.2. The molecule has 0 aliphatic heterocycles. The Morgan fingerprint density at radius 1 is 0.609 bits per heavy atom. The van der Waals surface area contributed by atoms with Crippen molar-refractivity contribution in [3.8, 4) is 50.6 Å². The monoisotopic (exact) mass is 598 g/mol. The number of oxazole rings is 1. The second kappa shape index (κ2) is 12.0. The number of phenols is 1. The van der Waals surface area contributed by atoms with Gasteiger partial charge in [0.15, 0.2) is 5.58 Å². The molecule has 6 aromatic carbocycles. The van der Waals surface area contributed by atoms with Gasteiger partial charge in [0.1, 0.15) is 11.3 Å². The van der Waals surface area contributed by atoms with Gasteiger partial charge in [-0.15, -0.1) is 0 Å². The van der Waals surface area contributed by atoms with E-state index in [1.54, 1.807) is 12.3 Å². The number of hydrogen-bond donors (Lipinski definition) is 1. The third-order valence-corrected chi connectivity index (χ3v) is 8.25. The second-order valence-electron chi connectivity index (χ2n) is 12.5. The van der Waals surface area contributed by atoms with E-state index in [9.17, 15) is 5.11 Å². The predicted octanol–water partition coefficient (Wildman–Crippen LogP) is 11.2. The van der Waals surface area contributed by atoms with Crippen LogP contribution >= 0.6 is 0 Å². The first-order valence-corrected chi connectivity index (χ1v) is 15.5. The summed E-state index contributed by atoms with van der Waals surface area (Å²) in [4.78, 5) is 9.86. The largest absolute Gasteiger partial charge is 0.507 e. The van der Waals surface area contributed by atoms with E-state index < -0.39 is 0 Å². The van der Waals surface area contributed by atoms with Crippen molar-refractivity contribution < 1.29 is 9.52 Å². The average Bonchev–Trinajstić information content (AvgIpc) is 3.52. The second-order valence-corrected chi connectivity index (χ2v) is 12.5. The van der Waals surface area contributed by atoms with Crippen molar-refractivity contribution in [3.63, 3.8) is 0 Å². The molecule has 7 aromatic rings. The lowest BCUT2D eigenvalue weighted by atomic mass is 9.86. The maximum absolute atomic E-state index is 10.6. The van der Waals surface area contributed by atoms with Crippen LogP contribution in [-0.4, -0.2) is 16.3 Å². The van der Waals surface area contributed by atoms with Crippen molar-refractivity contribution in [3.05, 3.63) is 151 Å². The van der Waals surface area contributed by atoms with Crippen molar-refractivity contribution >= 4 is 23.0 Å². The first-order chi connectivity index (χ1) is 22.3. The van der Waals surface area contributed by atoms with Crippen molar-refractivity contribution in [1.29, 1.82) is 0 Å². The molecule has 0 saturated carbocycles. The highest BCUT2D eigenvalue weighted by atomic mass is 16.3. The van der Waals surface area contributed by atoms with Crippen LogP contribution in [0.4, 0.5) is 5.69 Å². The number of benzene rings is 6. The van der Waals surface area contributed by atoms with E-state index in [0.717, 1.165) is 44.5 Å². The van der Waals surface area contributed by atoms with E-state index in [1.165, 1.54) is 5.56 Å². The molecule has 0 amide bonds. The molecule has 4 nitrogen and oxygen atoms in total. The lowest BCUT2D eigenvalue weighted by Gasteiger charge is -2.19. The molecule has 0 bridgehead atoms. The van der Waals surface area contributed by atoms with Crippen molar-refractivity contribution in [2.24, 2.45) is 4.99 Å². The molecule has 1 N–H and O–H groups in total. The minimum atomic E-state index is -0.0510. The van der Waals surface area contributed by atoms with Crippen molar-refractivity contribution in [2.45, 2.75) is 26.2 Å². The number of fused-ring (bicyclic) bond motifs is 1. The van der Waals surface area contributed by atoms with Gasteiger partial charge < -0.3 is 9.52 Å². The highest BCUT2D eigenvalue weighted by Gasteiger charge is 2.18. The van der Waals surface area contributed by atoms with Gasteiger partial charge in [-0.25, -0.2) is 4.98 Å². The van der Waals surface area contributed by atoms with Gasteiger partial charge in [-0.3, -0.25) is 4.99 Å². The first-order valence-electron chi connectivity index (χ1n) is 15.5. The van der Waals surface area contributed by atoms with E-state index in [1.807, 2.05) is 60.7 Å². The lowest BCUT2D eigenvalue weighted by molar-refractivity contribution is 0.473. The number of aliphatic imine (C=N–C) groups is 1. The molecule has 0 radical (unpaired) electrons. The van der Waals surface area contributed by atoms with E-state index in [4.69, 9.17) is 14.4 Å². The third-order valence-electron chi connectivity index (χ3n) is 8.25. The van der Waals surface area contributed by atoms with Crippen LogP contribution in [0.25, 0.3) is 55.9 Å². The molecule has 46 heavy (non-hydrogen) atoms. The summed E-state index contributed by atoms with van der Waals surface area (Å²) in [5.74, 6) is 0.676. The molecule has 0 unspecified atom stereocenters. The Morgan fingerprint density at radius 3 is 2.00 bits per heavy atom. The molecular weight excluding hydrogens is 564 g/mol. The summed E-state index contributed by atoms with van der Waals surface area (Å²) in [7, 11) is 0. The molecule has 0 fully saturated rings. The van der Waals surface area contributed by atoms with Gasteiger partial charge in [0.05, 0.1) is 11.3 Å². The number of nitrogens with zero attached hydrogens (tertiary/aromatic N) is 2. The molecule has 0 saturated heterocycles. The zero-order valence-corrected chi connectivity index (χ0v) is 26.1. The number of hydrogen-bond acceptors (Lipinski definition) is 4. The SMILES string of the molecule is CC(C)(C)c1ccc(O)c(C=Nc2ccccc2-c2nc3c(-c4ccccc4)cc(-c4cccc(-c5ccccc5)c4)cc3o2)c1. The first kappa shape index (κ1) is 29.0. The highest BCUT2D eigenvalue weighted by molar-refractivity contribution is 5.97. The summed E-state index contributed by atoms with van der Waals surface area (Å²) in [5, 5.41) is 10.6. The van der Waals surface area contributed by atoms with Crippen LogP contribution in [-0.2, 0) is 5.41 Å². The predicted molar refractivity (Wildman–Crippen MR) is 190 cm³/mol. The summed E-state index contributed by atoms with van der Waals surface area (Å²) >= 11 is 0. The molecular formula is C42H34N2O2. The Kier molecular flexibility index (Phi) is 7.55. The fourth-order valence-electron chi connectivity index (χ4n) is 5.69. The Labute approximate surface area is 269 Å². The van der Waals surface area contributed by atoms with Gasteiger partial charge in [-0.2, -0.15) is 0 Å². The Hall–Kier alpha value is -5.74. The minimum Gasteiger partial charge on any atom is -0.507 e. The Balaban J connectivity index is 1.34. The smallest absolute Gasteiger partial charge is 0.229 e. The zero-order valence-electron chi connectivity index (χ0n) is 26.1. The number of aromatic hydroxyl groups is 1. The van der Waals surface area contributed by atoms with Gasteiger partial charge in [0.2, 0.25) is 5.89 Å². The molecule has 0 atom stereocenters. The number of para-hydroxylation sites is 1. The van der Waals surface area contributed by atoms with Gasteiger partial charge in [-0.1, -0.05) is 118 Å². The Morgan fingerprint density at radius 2 is 1.26 bits per heavy atom. The number of rotatable bonds is 6. The minimum absolute atomic E-state index is 0.0510. The number of phenolic OH excluding ortho intramolecular Hbond substituents is 1. The fraction of sp³-hybridized carbons (Fsp3) is 0.0952. The van der Waals surface area contributed by atoms with Crippen LogP contribution in [0.1, 0.15) is 31.9 Å². The quantitative estimate of drug-likeness (QED) is 0.194. The summed E-state index contributed by atoms with van der Waals surface area (Å²) in [6, 6.07) is 47.0. The maximum Gasteiger partial charge on any atom is 0.229 e. The van der Waals surface area contributed by atoms with Crippen LogP contribution in [0, 0.1) is 0 Å². The normalized spacial score (nSPS) is 11.8. The molecule has 0 aliphatic rings. The van der Waals surface area contributed by atoms with Crippen molar-refractivity contribution in [2.75, 3.05) is 0 Å². The van der Waals surface area contributed by atoms with Crippen LogP contribution in [0.15, 0.2) is 149 Å². The molecule has 0 spiro atoms. The molecule has 1 aromatic heterocycles. The topological polar surface area (TPSA) is 58.6 Å². The molecule has 224 valence electrons. The van der Waals surface area contributed by atoms with Crippen molar-refractivity contribution in [1.82, 2.24) is 4.98 Å². The van der Waals surface area contributed by atoms with E-state index in [-0.39, 0.29) is 11.2 Å². The average molecular weight is 599 g/mol. The van der Waals surface area contributed by atoms with E-state index in [0.29, 0.717) is 22.7 Å². The molecule has 7 rings (SSSR count). The standard InChI is InChI=1S/C42H34N2O2/c1-42(2,3)34-21-22-38(45)33(24-34)27-43-37-20-11-10-19-35(37)41-44-40-36(29-15-8-5-9-16-29)25-32(26-39(40)46-41)31-18-12-17-30(23-31)28-13-6-4-7-14-28/h4-27,45H,1-3H3. The fourth-order valence-corrected chi connectivity index (χ4v) is 5.69. The van der Waals surface area contributed by atoms with Gasteiger partial charge >= 0.3 is 0 Å². The zero-order chi connectivity index (χ0) is 31.7. The third kappa shape index (κ3) is 5.85.